The summed E-state index contributed by atoms with van der Waals surface area (Å²) in [5.41, 5.74) is 1.69. The lowest BCUT2D eigenvalue weighted by molar-refractivity contribution is 0.174. The molecule has 1 atom stereocenters. The van der Waals surface area contributed by atoms with E-state index in [0.29, 0.717) is 5.41 Å². The summed E-state index contributed by atoms with van der Waals surface area (Å²) in [4.78, 5) is 2.43. The Kier molecular flexibility index (Phi) is 5.65. The molecule has 3 nitrogen and oxygen atoms in total. The van der Waals surface area contributed by atoms with Gasteiger partial charge in [0.2, 0.25) is 0 Å². The van der Waals surface area contributed by atoms with E-state index in [1.165, 1.54) is 24.8 Å². The number of nitrogens with zero attached hydrogens (tertiary/aromatic N) is 1. The van der Waals surface area contributed by atoms with Crippen molar-refractivity contribution in [2.75, 3.05) is 27.2 Å². The summed E-state index contributed by atoms with van der Waals surface area (Å²) in [6, 6.07) is 9.18. The van der Waals surface area contributed by atoms with E-state index in [9.17, 15) is 0 Å². The van der Waals surface area contributed by atoms with E-state index in [1.54, 1.807) is 7.11 Å². The number of benzene rings is 1. The Morgan fingerprint density at radius 3 is 2.48 bits per heavy atom. The van der Waals surface area contributed by atoms with Gasteiger partial charge in [0, 0.05) is 25.7 Å². The minimum Gasteiger partial charge on any atom is -0.497 e. The second-order valence-corrected chi connectivity index (χ2v) is 6.84. The second-order valence-electron chi connectivity index (χ2n) is 6.84. The molecule has 0 saturated heterocycles. The van der Waals surface area contributed by atoms with Gasteiger partial charge in [-0.2, -0.15) is 0 Å². The van der Waals surface area contributed by atoms with Crippen molar-refractivity contribution in [2.45, 2.75) is 45.7 Å². The van der Waals surface area contributed by atoms with Gasteiger partial charge in [0.25, 0.3) is 0 Å². The van der Waals surface area contributed by atoms with E-state index in [1.807, 2.05) is 12.1 Å². The molecule has 0 spiro atoms. The van der Waals surface area contributed by atoms with Crippen LogP contribution in [-0.2, 0) is 6.54 Å². The number of rotatable bonds is 9. The molecule has 1 N–H and O–H groups in total. The average molecular weight is 290 g/mol. The molecule has 1 aromatic rings. The van der Waals surface area contributed by atoms with Gasteiger partial charge in [-0.1, -0.05) is 26.0 Å². The highest BCUT2D eigenvalue weighted by Gasteiger charge is 2.28. The van der Waals surface area contributed by atoms with Gasteiger partial charge in [-0.25, -0.2) is 0 Å². The Morgan fingerprint density at radius 1 is 1.29 bits per heavy atom. The molecule has 2 rings (SSSR count). The van der Waals surface area contributed by atoms with Crippen molar-refractivity contribution in [3.8, 4) is 5.75 Å². The zero-order valence-electron chi connectivity index (χ0n) is 14.0. The highest BCUT2D eigenvalue weighted by Crippen LogP contribution is 2.25. The molecule has 0 amide bonds. The maximum atomic E-state index is 5.21. The third-order valence-electron chi connectivity index (χ3n) is 4.51. The molecule has 1 saturated carbocycles. The summed E-state index contributed by atoms with van der Waals surface area (Å²) in [5.74, 6) is 0.924. The minimum atomic E-state index is 0.351. The zero-order chi connectivity index (χ0) is 15.3. The van der Waals surface area contributed by atoms with Gasteiger partial charge in [0.05, 0.1) is 7.11 Å². The summed E-state index contributed by atoms with van der Waals surface area (Å²) >= 11 is 0. The zero-order valence-corrected chi connectivity index (χ0v) is 14.0. The van der Waals surface area contributed by atoms with Crippen LogP contribution < -0.4 is 10.1 Å². The highest BCUT2D eigenvalue weighted by molar-refractivity contribution is 5.27. The first-order valence-corrected chi connectivity index (χ1v) is 8.09. The Morgan fingerprint density at radius 2 is 1.95 bits per heavy atom. The first-order chi connectivity index (χ1) is 10.0. The minimum absolute atomic E-state index is 0.351. The fourth-order valence-corrected chi connectivity index (χ4v) is 2.72. The topological polar surface area (TPSA) is 24.5 Å². The first kappa shape index (κ1) is 16.3. The van der Waals surface area contributed by atoms with E-state index in [0.717, 1.165) is 31.4 Å². The highest BCUT2D eigenvalue weighted by atomic mass is 16.5. The molecule has 21 heavy (non-hydrogen) atoms. The van der Waals surface area contributed by atoms with Crippen LogP contribution in [0, 0.1) is 5.41 Å². The van der Waals surface area contributed by atoms with Gasteiger partial charge < -0.3 is 15.0 Å². The molecule has 1 unspecified atom stereocenters. The third kappa shape index (κ3) is 5.33. The van der Waals surface area contributed by atoms with Gasteiger partial charge >= 0.3 is 0 Å². The predicted octanol–water partition coefficient (Wildman–Crippen LogP) is 3.30. The van der Waals surface area contributed by atoms with Crippen LogP contribution in [0.1, 0.15) is 38.7 Å². The maximum absolute atomic E-state index is 5.21. The molecular weight excluding hydrogens is 260 g/mol. The molecule has 1 fully saturated rings. The van der Waals surface area contributed by atoms with Gasteiger partial charge in [-0.05, 0) is 49.4 Å². The fraction of sp³-hybridized carbons (Fsp3) is 0.667. The number of ether oxygens (including phenoxy) is 1. The molecule has 0 radical (unpaired) electrons. The molecule has 0 aliphatic heterocycles. The van der Waals surface area contributed by atoms with E-state index in [2.05, 4.69) is 43.2 Å². The normalized spacial score (nSPS) is 17.8. The van der Waals surface area contributed by atoms with Gasteiger partial charge in [0.1, 0.15) is 5.75 Å². The van der Waals surface area contributed by atoms with Crippen LogP contribution in [0.3, 0.4) is 0 Å². The molecule has 1 aliphatic carbocycles. The van der Waals surface area contributed by atoms with Crippen molar-refractivity contribution in [3.05, 3.63) is 29.8 Å². The van der Waals surface area contributed by atoms with E-state index < -0.39 is 0 Å². The van der Waals surface area contributed by atoms with Crippen LogP contribution in [0.25, 0.3) is 0 Å². The molecular formula is C18H30N2O. The lowest BCUT2D eigenvalue weighted by atomic mass is 9.86. The summed E-state index contributed by atoms with van der Waals surface area (Å²) in [6.45, 7) is 7.93. The molecule has 118 valence electrons. The predicted molar refractivity (Wildman–Crippen MR) is 88.8 cm³/mol. The lowest BCUT2D eigenvalue weighted by Crippen LogP contribution is -2.41. The summed E-state index contributed by atoms with van der Waals surface area (Å²) in [7, 11) is 3.93. The molecule has 1 aromatic carbocycles. The van der Waals surface area contributed by atoms with Crippen molar-refractivity contribution in [1.82, 2.24) is 10.2 Å². The molecule has 1 aliphatic rings. The Hall–Kier alpha value is -1.06. The van der Waals surface area contributed by atoms with Gasteiger partial charge in [0.15, 0.2) is 0 Å². The number of hydrogen-bond donors (Lipinski definition) is 1. The van der Waals surface area contributed by atoms with Crippen LogP contribution in [0.4, 0.5) is 0 Å². The fourth-order valence-electron chi connectivity index (χ4n) is 2.72. The first-order valence-electron chi connectivity index (χ1n) is 8.09. The number of methoxy groups -OCH3 is 1. The van der Waals surface area contributed by atoms with Crippen LogP contribution in [0.15, 0.2) is 24.3 Å². The monoisotopic (exact) mass is 290 g/mol. The van der Waals surface area contributed by atoms with E-state index in [4.69, 9.17) is 4.74 Å². The van der Waals surface area contributed by atoms with Gasteiger partial charge in [-0.15, -0.1) is 0 Å². The summed E-state index contributed by atoms with van der Waals surface area (Å²) in [6.07, 6.45) is 3.93. The van der Waals surface area contributed by atoms with Crippen molar-refractivity contribution >= 4 is 0 Å². The summed E-state index contributed by atoms with van der Waals surface area (Å²) in [5, 5.41) is 3.69. The summed E-state index contributed by atoms with van der Waals surface area (Å²) < 4.78 is 5.21. The molecule has 0 aromatic heterocycles. The standard InChI is InChI=1S/C18H30N2O/c1-5-18(2,13-19-16-8-9-16)14-20(3)12-15-6-10-17(21-4)11-7-15/h6-7,10-11,16,19H,5,8-9,12-14H2,1-4H3. The number of nitrogens with one attached hydrogen (secondary N) is 1. The Balaban J connectivity index is 1.83. The smallest absolute Gasteiger partial charge is 0.118 e. The quantitative estimate of drug-likeness (QED) is 0.755. The van der Waals surface area contributed by atoms with Crippen molar-refractivity contribution in [1.29, 1.82) is 0 Å². The molecule has 0 bridgehead atoms. The lowest BCUT2D eigenvalue weighted by Gasteiger charge is -2.33. The average Bonchev–Trinajstić information content (AvgIpc) is 3.30. The van der Waals surface area contributed by atoms with Crippen molar-refractivity contribution in [2.24, 2.45) is 5.41 Å². The molecule has 3 heteroatoms. The molecule has 0 heterocycles. The second kappa shape index (κ2) is 7.28. The van der Waals surface area contributed by atoms with Gasteiger partial charge in [-0.3, -0.25) is 0 Å². The van der Waals surface area contributed by atoms with Crippen LogP contribution >= 0.6 is 0 Å². The Labute approximate surface area is 129 Å². The van der Waals surface area contributed by atoms with E-state index in [-0.39, 0.29) is 0 Å². The number of hydrogen-bond acceptors (Lipinski definition) is 3. The van der Waals surface area contributed by atoms with Crippen LogP contribution in [0.5, 0.6) is 5.75 Å². The third-order valence-corrected chi connectivity index (χ3v) is 4.51. The van der Waals surface area contributed by atoms with Crippen LogP contribution in [-0.4, -0.2) is 38.2 Å². The largest absolute Gasteiger partial charge is 0.497 e. The Bertz CT molecular complexity index is 427. The maximum Gasteiger partial charge on any atom is 0.118 e. The van der Waals surface area contributed by atoms with Crippen LogP contribution in [0.2, 0.25) is 0 Å². The SMILES string of the molecule is CCC(C)(CNC1CC1)CN(C)Cc1ccc(OC)cc1. The van der Waals surface area contributed by atoms with E-state index >= 15 is 0 Å². The van der Waals surface area contributed by atoms with Crippen molar-refractivity contribution < 1.29 is 4.74 Å². The van der Waals surface area contributed by atoms with Crippen molar-refractivity contribution in [3.63, 3.8) is 0 Å².